The first-order valence-corrected chi connectivity index (χ1v) is 7.03. The van der Waals surface area contributed by atoms with Crippen molar-refractivity contribution in [1.29, 1.82) is 0 Å². The smallest absolute Gasteiger partial charge is 0.280 e. The van der Waals surface area contributed by atoms with E-state index in [1.807, 2.05) is 0 Å². The third-order valence-electron chi connectivity index (χ3n) is 3.53. The first-order chi connectivity index (χ1) is 9.88. The van der Waals surface area contributed by atoms with Crippen LogP contribution in [0.25, 0.3) is 11.6 Å². The molecule has 3 rings (SSSR count). The molecule has 0 aromatic carbocycles. The van der Waals surface area contributed by atoms with E-state index in [1.165, 1.54) is 0 Å². The molecule has 8 heteroatoms. The molecule has 108 valence electrons. The van der Waals surface area contributed by atoms with Gasteiger partial charge in [-0.3, -0.25) is 4.90 Å². The molecule has 3 heterocycles. The van der Waals surface area contributed by atoms with Gasteiger partial charge < -0.3 is 9.84 Å². The van der Waals surface area contributed by atoms with Gasteiger partial charge in [0, 0.05) is 26.2 Å². The van der Waals surface area contributed by atoms with Crippen LogP contribution < -0.4 is 5.32 Å². The number of nitrogens with zero attached hydrogens (tertiary/aromatic N) is 5. The highest BCUT2D eigenvalue weighted by Gasteiger charge is 2.26. The van der Waals surface area contributed by atoms with Crippen molar-refractivity contribution in [1.82, 2.24) is 35.8 Å². The summed E-state index contributed by atoms with van der Waals surface area (Å²) in [4.78, 5) is 6.90. The van der Waals surface area contributed by atoms with Crippen LogP contribution in [0.2, 0.25) is 0 Å². The van der Waals surface area contributed by atoms with Crippen LogP contribution in [-0.4, -0.2) is 56.6 Å². The molecular formula is C12H19N7O. The third-order valence-corrected chi connectivity index (χ3v) is 3.53. The van der Waals surface area contributed by atoms with Crippen LogP contribution in [-0.2, 0) is 0 Å². The molecule has 1 aliphatic rings. The summed E-state index contributed by atoms with van der Waals surface area (Å²) >= 11 is 0. The minimum Gasteiger partial charge on any atom is -0.332 e. The number of aromatic amines is 1. The van der Waals surface area contributed by atoms with E-state index in [1.54, 1.807) is 6.20 Å². The Kier molecular flexibility index (Phi) is 4.03. The highest BCUT2D eigenvalue weighted by atomic mass is 16.5. The summed E-state index contributed by atoms with van der Waals surface area (Å²) in [6, 6.07) is 0.214. The van der Waals surface area contributed by atoms with Gasteiger partial charge in [0.25, 0.3) is 5.89 Å². The summed E-state index contributed by atoms with van der Waals surface area (Å²) in [7, 11) is 0. The molecule has 1 unspecified atom stereocenters. The van der Waals surface area contributed by atoms with Gasteiger partial charge in [-0.25, -0.2) is 0 Å². The average Bonchev–Trinajstić information content (AvgIpc) is 3.16. The van der Waals surface area contributed by atoms with Crippen molar-refractivity contribution < 1.29 is 4.52 Å². The SMILES string of the molecule is CCCC(c1noc(-c2cn[nH]n2)n1)N1CCNCC1. The molecule has 0 saturated carbocycles. The summed E-state index contributed by atoms with van der Waals surface area (Å²) in [6.07, 6.45) is 3.69. The van der Waals surface area contributed by atoms with Crippen LogP contribution >= 0.6 is 0 Å². The van der Waals surface area contributed by atoms with Crippen molar-refractivity contribution in [3.63, 3.8) is 0 Å². The number of rotatable bonds is 5. The van der Waals surface area contributed by atoms with E-state index in [2.05, 4.69) is 42.7 Å². The first kappa shape index (κ1) is 13.2. The third kappa shape index (κ3) is 2.70. The van der Waals surface area contributed by atoms with Crippen LogP contribution in [0, 0.1) is 0 Å². The number of piperazine rings is 1. The maximum absolute atomic E-state index is 5.30. The van der Waals surface area contributed by atoms with Crippen molar-refractivity contribution in [3.05, 3.63) is 12.0 Å². The normalized spacial score (nSPS) is 18.2. The topological polar surface area (TPSA) is 95.8 Å². The van der Waals surface area contributed by atoms with Crippen molar-refractivity contribution in [2.75, 3.05) is 26.2 Å². The Labute approximate surface area is 116 Å². The lowest BCUT2D eigenvalue weighted by atomic mass is 10.1. The van der Waals surface area contributed by atoms with Crippen molar-refractivity contribution in [2.45, 2.75) is 25.8 Å². The Bertz CT molecular complexity index is 518. The fourth-order valence-electron chi connectivity index (χ4n) is 2.52. The number of nitrogens with one attached hydrogen (secondary N) is 2. The second-order valence-corrected chi connectivity index (χ2v) is 4.90. The van der Waals surface area contributed by atoms with E-state index in [0.29, 0.717) is 11.6 Å². The van der Waals surface area contributed by atoms with Gasteiger partial charge in [-0.15, -0.1) is 0 Å². The minimum atomic E-state index is 0.214. The summed E-state index contributed by atoms with van der Waals surface area (Å²) in [5.41, 5.74) is 0.583. The van der Waals surface area contributed by atoms with Gasteiger partial charge in [-0.05, 0) is 6.42 Å². The Hall–Kier alpha value is -1.80. The predicted octanol–water partition coefficient (Wildman–Crippen LogP) is 0.601. The quantitative estimate of drug-likeness (QED) is 0.826. The lowest BCUT2D eigenvalue weighted by Crippen LogP contribution is -2.45. The summed E-state index contributed by atoms with van der Waals surface area (Å²) < 4.78 is 5.30. The van der Waals surface area contributed by atoms with E-state index in [0.717, 1.165) is 44.8 Å². The largest absolute Gasteiger partial charge is 0.332 e. The van der Waals surface area contributed by atoms with Gasteiger partial charge in [0.2, 0.25) is 0 Å². The van der Waals surface area contributed by atoms with E-state index in [-0.39, 0.29) is 6.04 Å². The molecule has 1 saturated heterocycles. The van der Waals surface area contributed by atoms with E-state index in [4.69, 9.17) is 4.52 Å². The molecule has 8 nitrogen and oxygen atoms in total. The molecule has 0 radical (unpaired) electrons. The fourth-order valence-corrected chi connectivity index (χ4v) is 2.52. The molecule has 0 bridgehead atoms. The number of hydrogen-bond donors (Lipinski definition) is 2. The van der Waals surface area contributed by atoms with E-state index in [9.17, 15) is 0 Å². The Morgan fingerprint density at radius 3 is 2.95 bits per heavy atom. The van der Waals surface area contributed by atoms with Crippen LogP contribution in [0.1, 0.15) is 31.6 Å². The average molecular weight is 277 g/mol. The second kappa shape index (κ2) is 6.10. The van der Waals surface area contributed by atoms with Gasteiger partial charge in [0.15, 0.2) is 11.5 Å². The lowest BCUT2D eigenvalue weighted by Gasteiger charge is -2.32. The lowest BCUT2D eigenvalue weighted by molar-refractivity contribution is 0.155. The predicted molar refractivity (Wildman–Crippen MR) is 71.8 cm³/mol. The maximum Gasteiger partial charge on any atom is 0.280 e. The monoisotopic (exact) mass is 277 g/mol. The van der Waals surface area contributed by atoms with Crippen LogP contribution in [0.4, 0.5) is 0 Å². The van der Waals surface area contributed by atoms with Crippen molar-refractivity contribution in [3.8, 4) is 11.6 Å². The van der Waals surface area contributed by atoms with Gasteiger partial charge in [0.05, 0.1) is 12.2 Å². The number of aromatic nitrogens is 5. The zero-order valence-electron chi connectivity index (χ0n) is 11.5. The zero-order chi connectivity index (χ0) is 13.8. The maximum atomic E-state index is 5.30. The van der Waals surface area contributed by atoms with Crippen LogP contribution in [0.5, 0.6) is 0 Å². The Morgan fingerprint density at radius 1 is 1.40 bits per heavy atom. The van der Waals surface area contributed by atoms with Gasteiger partial charge in [0.1, 0.15) is 0 Å². The molecule has 2 aromatic heterocycles. The molecule has 2 N–H and O–H groups in total. The molecule has 2 aromatic rings. The highest BCUT2D eigenvalue weighted by Crippen LogP contribution is 2.25. The molecule has 20 heavy (non-hydrogen) atoms. The van der Waals surface area contributed by atoms with E-state index >= 15 is 0 Å². The first-order valence-electron chi connectivity index (χ1n) is 7.03. The van der Waals surface area contributed by atoms with Crippen molar-refractivity contribution >= 4 is 0 Å². The van der Waals surface area contributed by atoms with Crippen molar-refractivity contribution in [2.24, 2.45) is 0 Å². The van der Waals surface area contributed by atoms with Gasteiger partial charge in [-0.1, -0.05) is 18.5 Å². The minimum absolute atomic E-state index is 0.214. The molecule has 1 fully saturated rings. The van der Waals surface area contributed by atoms with Gasteiger partial charge in [-0.2, -0.15) is 20.4 Å². The molecule has 0 spiro atoms. The highest BCUT2D eigenvalue weighted by molar-refractivity contribution is 5.42. The Balaban J connectivity index is 1.80. The fraction of sp³-hybridized carbons (Fsp3) is 0.667. The summed E-state index contributed by atoms with van der Waals surface area (Å²) in [5, 5.41) is 17.8. The van der Waals surface area contributed by atoms with Crippen LogP contribution in [0.15, 0.2) is 10.7 Å². The van der Waals surface area contributed by atoms with Gasteiger partial charge >= 0.3 is 0 Å². The standard InChI is InChI=1S/C12H19N7O/c1-2-3-10(19-6-4-13-5-7-19)11-15-12(20-17-11)9-8-14-18-16-9/h8,10,13H,2-7H2,1H3,(H,14,16,18). The number of hydrogen-bond acceptors (Lipinski definition) is 7. The zero-order valence-corrected chi connectivity index (χ0v) is 11.5. The molecule has 0 aliphatic carbocycles. The van der Waals surface area contributed by atoms with Crippen LogP contribution in [0.3, 0.4) is 0 Å². The van der Waals surface area contributed by atoms with E-state index < -0.39 is 0 Å². The second-order valence-electron chi connectivity index (χ2n) is 4.90. The molecule has 1 aliphatic heterocycles. The number of H-pyrrole nitrogens is 1. The molecule has 1 atom stereocenters. The summed E-state index contributed by atoms with van der Waals surface area (Å²) in [6.45, 7) is 6.22. The Morgan fingerprint density at radius 2 is 2.25 bits per heavy atom. The summed E-state index contributed by atoms with van der Waals surface area (Å²) in [5.74, 6) is 1.16. The molecule has 0 amide bonds. The molecular weight excluding hydrogens is 258 g/mol.